The van der Waals surface area contributed by atoms with Crippen molar-refractivity contribution in [1.82, 2.24) is 5.32 Å². The largest absolute Gasteiger partial charge is 0.317 e. The average molecular weight is 223 g/mol. The summed E-state index contributed by atoms with van der Waals surface area (Å²) in [4.78, 5) is 0. The minimum absolute atomic E-state index is 0.455. The molecule has 86 valence electrons. The van der Waals surface area contributed by atoms with Gasteiger partial charge in [-0.3, -0.25) is 4.55 Å². The summed E-state index contributed by atoms with van der Waals surface area (Å²) in [7, 11) is -3.85. The molecule has 2 N–H and O–H groups in total. The van der Waals surface area contributed by atoms with E-state index in [1.54, 1.807) is 0 Å². The molecule has 0 saturated heterocycles. The van der Waals surface area contributed by atoms with Crippen LogP contribution in [-0.4, -0.2) is 31.3 Å². The molecule has 1 unspecified atom stereocenters. The van der Waals surface area contributed by atoms with Crippen molar-refractivity contribution in [3.63, 3.8) is 0 Å². The highest BCUT2D eigenvalue weighted by Crippen LogP contribution is 2.02. The summed E-state index contributed by atoms with van der Waals surface area (Å²) in [6.07, 6.45) is 1.54. The highest BCUT2D eigenvalue weighted by molar-refractivity contribution is 7.86. The molecule has 0 rings (SSSR count). The second-order valence-corrected chi connectivity index (χ2v) is 5.88. The van der Waals surface area contributed by atoms with Crippen LogP contribution in [0.15, 0.2) is 0 Å². The molecule has 5 heteroatoms. The molecule has 4 nitrogen and oxygen atoms in total. The normalized spacial score (nSPS) is 14.6. The van der Waals surface area contributed by atoms with Crippen LogP contribution in [0.3, 0.4) is 0 Å². The molecule has 14 heavy (non-hydrogen) atoms. The minimum Gasteiger partial charge on any atom is -0.317 e. The molecule has 0 spiro atoms. The van der Waals surface area contributed by atoms with Gasteiger partial charge in [-0.25, -0.2) is 0 Å². The van der Waals surface area contributed by atoms with E-state index in [-0.39, 0.29) is 0 Å². The zero-order chi connectivity index (χ0) is 11.2. The van der Waals surface area contributed by atoms with Crippen LogP contribution in [0.1, 0.15) is 33.6 Å². The van der Waals surface area contributed by atoms with E-state index in [0.717, 1.165) is 13.0 Å². The molecular weight excluding hydrogens is 202 g/mol. The van der Waals surface area contributed by atoms with Gasteiger partial charge in [0, 0.05) is 0 Å². The van der Waals surface area contributed by atoms with Crippen molar-refractivity contribution in [1.29, 1.82) is 0 Å². The lowest BCUT2D eigenvalue weighted by Gasteiger charge is -2.09. The Morgan fingerprint density at radius 3 is 2.07 bits per heavy atom. The van der Waals surface area contributed by atoms with Gasteiger partial charge in [0.05, 0.1) is 5.25 Å². The maximum Gasteiger partial charge on any atom is 0.267 e. The van der Waals surface area contributed by atoms with Gasteiger partial charge in [0.1, 0.15) is 0 Å². The van der Waals surface area contributed by atoms with E-state index in [2.05, 4.69) is 19.2 Å². The van der Waals surface area contributed by atoms with E-state index in [0.29, 0.717) is 18.9 Å². The van der Waals surface area contributed by atoms with Crippen LogP contribution < -0.4 is 5.32 Å². The van der Waals surface area contributed by atoms with Gasteiger partial charge in [-0.05, 0) is 38.8 Å². The van der Waals surface area contributed by atoms with Crippen molar-refractivity contribution in [3.8, 4) is 0 Å². The van der Waals surface area contributed by atoms with Gasteiger partial charge in [0.25, 0.3) is 10.1 Å². The van der Waals surface area contributed by atoms with E-state index in [9.17, 15) is 8.42 Å². The maximum absolute atomic E-state index is 10.6. The van der Waals surface area contributed by atoms with Crippen LogP contribution in [0, 0.1) is 5.92 Å². The van der Waals surface area contributed by atoms with Gasteiger partial charge in [0.2, 0.25) is 0 Å². The Labute approximate surface area is 86.8 Å². The lowest BCUT2D eigenvalue weighted by Crippen LogP contribution is -2.25. The van der Waals surface area contributed by atoms with Gasteiger partial charge < -0.3 is 5.32 Å². The molecule has 1 atom stereocenters. The summed E-state index contributed by atoms with van der Waals surface area (Å²) < 4.78 is 29.9. The van der Waals surface area contributed by atoms with E-state index in [1.165, 1.54) is 6.92 Å². The first kappa shape index (κ1) is 13.9. The van der Waals surface area contributed by atoms with Crippen LogP contribution in [0.2, 0.25) is 0 Å². The van der Waals surface area contributed by atoms with Crippen molar-refractivity contribution in [3.05, 3.63) is 0 Å². The Morgan fingerprint density at radius 2 is 1.64 bits per heavy atom. The molecule has 0 aromatic heterocycles. The van der Waals surface area contributed by atoms with Gasteiger partial charge >= 0.3 is 0 Å². The highest BCUT2D eigenvalue weighted by atomic mass is 32.2. The predicted molar refractivity (Wildman–Crippen MR) is 58.0 cm³/mol. The van der Waals surface area contributed by atoms with Crippen LogP contribution in [0.25, 0.3) is 0 Å². The Balaban J connectivity index is 3.46. The molecule has 0 aliphatic heterocycles. The number of nitrogens with one attached hydrogen (secondary N) is 1. The van der Waals surface area contributed by atoms with Gasteiger partial charge in [0.15, 0.2) is 0 Å². The Bertz CT molecular complexity index is 236. The maximum atomic E-state index is 10.6. The predicted octanol–water partition coefficient (Wildman–Crippen LogP) is 1.29. The fourth-order valence-electron chi connectivity index (χ4n) is 0.970. The van der Waals surface area contributed by atoms with Crippen molar-refractivity contribution < 1.29 is 13.0 Å². The summed E-state index contributed by atoms with van der Waals surface area (Å²) in [6.45, 7) is 7.33. The molecule has 0 saturated carbocycles. The first-order valence-corrected chi connectivity index (χ1v) is 6.51. The second kappa shape index (κ2) is 6.37. The first-order valence-electron chi connectivity index (χ1n) is 5.01. The lowest BCUT2D eigenvalue weighted by atomic mass is 10.1. The summed E-state index contributed by atoms with van der Waals surface area (Å²) in [5.74, 6) is 0.654. The van der Waals surface area contributed by atoms with Crippen molar-refractivity contribution in [2.24, 2.45) is 5.92 Å². The molecule has 0 bridgehead atoms. The minimum atomic E-state index is -3.85. The van der Waals surface area contributed by atoms with Gasteiger partial charge in [-0.2, -0.15) is 8.42 Å². The van der Waals surface area contributed by atoms with Gasteiger partial charge in [-0.15, -0.1) is 0 Å². The molecule has 0 radical (unpaired) electrons. The van der Waals surface area contributed by atoms with E-state index < -0.39 is 15.4 Å². The van der Waals surface area contributed by atoms with Crippen molar-refractivity contribution in [2.45, 2.75) is 38.9 Å². The fraction of sp³-hybridized carbons (Fsp3) is 1.00. The average Bonchev–Trinajstić information content (AvgIpc) is 2.01. The quantitative estimate of drug-likeness (QED) is 0.504. The van der Waals surface area contributed by atoms with Crippen LogP contribution in [0.4, 0.5) is 0 Å². The third kappa shape index (κ3) is 7.29. The summed E-state index contributed by atoms with van der Waals surface area (Å²) in [6, 6.07) is 0. The van der Waals surface area contributed by atoms with Crippen LogP contribution in [0.5, 0.6) is 0 Å². The van der Waals surface area contributed by atoms with Crippen LogP contribution >= 0.6 is 0 Å². The zero-order valence-corrected chi connectivity index (χ0v) is 9.97. The number of hydrogen-bond donors (Lipinski definition) is 2. The Hall–Kier alpha value is -0.130. The highest BCUT2D eigenvalue weighted by Gasteiger charge is 2.15. The fourth-order valence-corrected chi connectivity index (χ4v) is 1.39. The molecule has 0 heterocycles. The van der Waals surface area contributed by atoms with E-state index in [1.807, 2.05) is 0 Å². The van der Waals surface area contributed by atoms with Gasteiger partial charge in [-0.1, -0.05) is 13.8 Å². The third-order valence-electron chi connectivity index (χ3n) is 2.13. The van der Waals surface area contributed by atoms with E-state index >= 15 is 0 Å². The van der Waals surface area contributed by atoms with Crippen molar-refractivity contribution >= 4 is 10.1 Å². The Kier molecular flexibility index (Phi) is 6.31. The molecule has 0 aromatic carbocycles. The number of rotatable bonds is 7. The molecule has 0 aromatic rings. The summed E-state index contributed by atoms with van der Waals surface area (Å²) in [5, 5.41) is 2.47. The SMILES string of the molecule is CC(C)CCNCCC(C)S(=O)(=O)O. The lowest BCUT2D eigenvalue weighted by molar-refractivity contribution is 0.461. The molecular formula is C9H21NO3S. The topological polar surface area (TPSA) is 66.4 Å². The standard InChI is InChI=1S/C9H21NO3S/c1-8(2)4-6-10-7-5-9(3)14(11,12)13/h8-10H,4-7H2,1-3H3,(H,11,12,13). The summed E-state index contributed by atoms with van der Waals surface area (Å²) >= 11 is 0. The second-order valence-electron chi connectivity index (χ2n) is 4.05. The zero-order valence-electron chi connectivity index (χ0n) is 9.16. The molecule has 0 fully saturated rings. The van der Waals surface area contributed by atoms with Crippen molar-refractivity contribution in [2.75, 3.05) is 13.1 Å². The van der Waals surface area contributed by atoms with Crippen LogP contribution in [-0.2, 0) is 10.1 Å². The third-order valence-corrected chi connectivity index (χ3v) is 3.39. The molecule has 0 aliphatic carbocycles. The first-order chi connectivity index (χ1) is 6.34. The molecule has 0 aliphatic rings. The number of hydrogen-bond acceptors (Lipinski definition) is 3. The molecule has 0 amide bonds. The smallest absolute Gasteiger partial charge is 0.267 e. The van der Waals surface area contributed by atoms with E-state index in [4.69, 9.17) is 4.55 Å². The Morgan fingerprint density at radius 1 is 1.14 bits per heavy atom. The summed E-state index contributed by atoms with van der Waals surface area (Å²) in [5.41, 5.74) is 0. The monoisotopic (exact) mass is 223 g/mol.